The van der Waals surface area contributed by atoms with E-state index in [1.54, 1.807) is 12.1 Å². The molecule has 1 aromatic heterocycles. The fourth-order valence-electron chi connectivity index (χ4n) is 3.10. The largest absolute Gasteiger partial charge is 0.467 e. The summed E-state index contributed by atoms with van der Waals surface area (Å²) in [5.74, 6) is -1.24. The Balaban J connectivity index is 1.52. The molecule has 8 nitrogen and oxygen atoms in total. The van der Waals surface area contributed by atoms with Crippen molar-refractivity contribution in [2.45, 2.75) is 24.3 Å². The lowest BCUT2D eigenvalue weighted by Gasteiger charge is -2.31. The second-order valence-corrected chi connectivity index (χ2v) is 8.67. The van der Waals surface area contributed by atoms with E-state index in [4.69, 9.17) is 4.42 Å². The summed E-state index contributed by atoms with van der Waals surface area (Å²) >= 11 is 0. The summed E-state index contributed by atoms with van der Waals surface area (Å²) < 4.78 is 44.9. The topological polar surface area (TPSA) is 109 Å². The van der Waals surface area contributed by atoms with Crippen molar-refractivity contribution in [3.63, 3.8) is 0 Å². The molecule has 3 rings (SSSR count). The quantitative estimate of drug-likeness (QED) is 0.697. The lowest BCUT2D eigenvalue weighted by molar-refractivity contribution is -0.129. The van der Waals surface area contributed by atoms with Crippen LogP contribution in [-0.4, -0.2) is 44.2 Å². The van der Waals surface area contributed by atoms with Gasteiger partial charge in [0.25, 0.3) is 0 Å². The van der Waals surface area contributed by atoms with Gasteiger partial charge in [-0.3, -0.25) is 9.59 Å². The lowest BCUT2D eigenvalue weighted by Crippen LogP contribution is -2.47. The minimum Gasteiger partial charge on any atom is -0.467 e. The number of nitrogens with one attached hydrogen (secondary N) is 2. The molecule has 1 aliphatic heterocycles. The van der Waals surface area contributed by atoms with Crippen molar-refractivity contribution in [2.24, 2.45) is 5.92 Å². The van der Waals surface area contributed by atoms with Crippen molar-refractivity contribution in [3.05, 3.63) is 54.2 Å². The summed E-state index contributed by atoms with van der Waals surface area (Å²) in [6.45, 7) is 0.308. The smallest absolute Gasteiger partial charge is 0.243 e. The van der Waals surface area contributed by atoms with Gasteiger partial charge < -0.3 is 15.1 Å². The maximum absolute atomic E-state index is 13.1. The normalized spacial score (nSPS) is 17.6. The lowest BCUT2D eigenvalue weighted by atomic mass is 9.99. The highest BCUT2D eigenvalue weighted by Crippen LogP contribution is 2.24. The number of halogens is 1. The third-order valence-electron chi connectivity index (χ3n) is 4.67. The average Bonchev–Trinajstić information content (AvgIpc) is 3.24. The Morgan fingerprint density at radius 3 is 2.62 bits per heavy atom. The van der Waals surface area contributed by atoms with Gasteiger partial charge in [-0.25, -0.2) is 12.8 Å². The van der Waals surface area contributed by atoms with Crippen LogP contribution in [0, 0.1) is 11.7 Å². The summed E-state index contributed by atoms with van der Waals surface area (Å²) in [6.07, 6.45) is 2.54. The van der Waals surface area contributed by atoms with E-state index < -0.39 is 21.8 Å². The summed E-state index contributed by atoms with van der Waals surface area (Å²) in [5, 5.41) is 5.17. The maximum atomic E-state index is 13.1. The molecular formula is C19H22FN3O5S. The van der Waals surface area contributed by atoms with E-state index in [1.165, 1.54) is 22.7 Å². The first-order chi connectivity index (χ1) is 13.9. The van der Waals surface area contributed by atoms with E-state index in [-0.39, 0.29) is 42.9 Å². The zero-order chi connectivity index (χ0) is 20.9. The molecule has 1 fully saturated rings. The van der Waals surface area contributed by atoms with Crippen LogP contribution in [-0.2, 0) is 26.2 Å². The minimum absolute atomic E-state index is 0.0134. The maximum Gasteiger partial charge on any atom is 0.243 e. The highest BCUT2D eigenvalue weighted by molar-refractivity contribution is 7.89. The molecule has 0 bridgehead atoms. The molecule has 2 N–H and O–H groups in total. The summed E-state index contributed by atoms with van der Waals surface area (Å²) in [5.41, 5.74) is 0. The second-order valence-electron chi connectivity index (χ2n) is 6.73. The summed E-state index contributed by atoms with van der Waals surface area (Å²) in [6, 6.07) is 8.01. The van der Waals surface area contributed by atoms with E-state index in [0.29, 0.717) is 18.6 Å². The molecule has 1 saturated heterocycles. The zero-order valence-electron chi connectivity index (χ0n) is 15.6. The molecular weight excluding hydrogens is 401 g/mol. The predicted octanol–water partition coefficient (Wildman–Crippen LogP) is 1.25. The summed E-state index contributed by atoms with van der Waals surface area (Å²) in [4.78, 5) is 24.2. The van der Waals surface area contributed by atoms with Crippen LogP contribution in [0.2, 0.25) is 0 Å². The van der Waals surface area contributed by atoms with Crippen LogP contribution in [0.1, 0.15) is 18.6 Å². The van der Waals surface area contributed by atoms with Crippen LogP contribution in [0.25, 0.3) is 0 Å². The van der Waals surface area contributed by atoms with Gasteiger partial charge in [-0.05, 0) is 49.2 Å². The van der Waals surface area contributed by atoms with Gasteiger partial charge in [0, 0.05) is 13.1 Å². The number of carbonyl (C=O) groups is 2. The number of rotatable bonds is 7. The number of furan rings is 1. The molecule has 1 aromatic carbocycles. The van der Waals surface area contributed by atoms with Crippen molar-refractivity contribution < 1.29 is 26.8 Å². The van der Waals surface area contributed by atoms with Gasteiger partial charge in [0.2, 0.25) is 21.8 Å². The van der Waals surface area contributed by atoms with Crippen LogP contribution in [0.4, 0.5) is 4.39 Å². The van der Waals surface area contributed by atoms with Crippen molar-refractivity contribution in [1.29, 1.82) is 0 Å². The number of sulfonamides is 1. The third kappa shape index (κ3) is 5.42. The molecule has 1 atom stereocenters. The van der Waals surface area contributed by atoms with Crippen LogP contribution in [0.5, 0.6) is 0 Å². The molecule has 0 saturated carbocycles. The fourth-order valence-corrected chi connectivity index (χ4v) is 4.63. The van der Waals surface area contributed by atoms with Crippen molar-refractivity contribution in [2.75, 3.05) is 19.6 Å². The number of hydrogen-bond donors (Lipinski definition) is 2. The molecule has 10 heteroatoms. The number of carbonyl (C=O) groups excluding carboxylic acids is 2. The molecule has 2 aromatic rings. The van der Waals surface area contributed by atoms with Crippen molar-refractivity contribution in [3.8, 4) is 0 Å². The Hall–Kier alpha value is -2.72. The highest BCUT2D eigenvalue weighted by Gasteiger charge is 2.33. The van der Waals surface area contributed by atoms with Crippen LogP contribution in [0.15, 0.2) is 52.0 Å². The molecule has 2 amide bonds. The van der Waals surface area contributed by atoms with Gasteiger partial charge in [-0.1, -0.05) is 0 Å². The van der Waals surface area contributed by atoms with Crippen LogP contribution < -0.4 is 10.6 Å². The van der Waals surface area contributed by atoms with E-state index in [9.17, 15) is 22.4 Å². The number of piperidine rings is 1. The monoisotopic (exact) mass is 423 g/mol. The minimum atomic E-state index is -3.81. The fraction of sp³-hybridized carbons (Fsp3) is 0.368. The van der Waals surface area contributed by atoms with Gasteiger partial charge in [0.15, 0.2) is 0 Å². The zero-order valence-corrected chi connectivity index (χ0v) is 16.5. The first kappa shape index (κ1) is 21.0. The third-order valence-corrected chi connectivity index (χ3v) is 6.55. The van der Waals surface area contributed by atoms with E-state index in [0.717, 1.165) is 12.1 Å². The van der Waals surface area contributed by atoms with E-state index in [1.807, 2.05) is 0 Å². The number of benzene rings is 1. The van der Waals surface area contributed by atoms with Crippen LogP contribution in [0.3, 0.4) is 0 Å². The molecule has 29 heavy (non-hydrogen) atoms. The first-order valence-corrected chi connectivity index (χ1v) is 10.6. The van der Waals surface area contributed by atoms with Crippen LogP contribution >= 0.6 is 0 Å². The van der Waals surface area contributed by atoms with Crippen molar-refractivity contribution in [1.82, 2.24) is 14.9 Å². The Morgan fingerprint density at radius 2 is 1.93 bits per heavy atom. The van der Waals surface area contributed by atoms with Gasteiger partial charge in [0.1, 0.15) is 11.6 Å². The number of nitrogens with zero attached hydrogens (tertiary/aromatic N) is 1. The first-order valence-electron chi connectivity index (χ1n) is 9.19. The second kappa shape index (κ2) is 9.19. The van der Waals surface area contributed by atoms with E-state index >= 15 is 0 Å². The Kier molecular flexibility index (Phi) is 6.65. The Morgan fingerprint density at radius 1 is 1.17 bits per heavy atom. The Bertz CT molecular complexity index is 945. The molecule has 1 aliphatic rings. The summed E-state index contributed by atoms with van der Waals surface area (Å²) in [7, 11) is -3.81. The number of amides is 2. The molecule has 0 aliphatic carbocycles. The highest BCUT2D eigenvalue weighted by atomic mass is 32.2. The molecule has 0 spiro atoms. The van der Waals surface area contributed by atoms with Gasteiger partial charge in [-0.2, -0.15) is 4.31 Å². The SMILES string of the molecule is O=C(CNC(=O)C1CCCN(S(=O)(=O)c2ccc(F)cc2)C1)NCc1ccco1. The average molecular weight is 423 g/mol. The van der Waals surface area contributed by atoms with Gasteiger partial charge >= 0.3 is 0 Å². The predicted molar refractivity (Wildman–Crippen MR) is 101 cm³/mol. The van der Waals surface area contributed by atoms with E-state index in [2.05, 4.69) is 10.6 Å². The van der Waals surface area contributed by atoms with Crippen molar-refractivity contribution >= 4 is 21.8 Å². The molecule has 0 radical (unpaired) electrons. The van der Waals surface area contributed by atoms with Gasteiger partial charge in [-0.15, -0.1) is 0 Å². The Labute approximate surface area is 168 Å². The molecule has 2 heterocycles. The number of hydrogen-bond acceptors (Lipinski definition) is 5. The molecule has 1 unspecified atom stereocenters. The standard InChI is InChI=1S/C19H22FN3O5S/c20-15-5-7-17(8-6-15)29(26,27)23-9-1-3-14(13-23)19(25)22-12-18(24)21-11-16-4-2-10-28-16/h2,4-8,10,14H,1,3,9,11-13H2,(H,21,24)(H,22,25). The van der Waals surface area contributed by atoms with Gasteiger partial charge in [0.05, 0.1) is 30.2 Å². The molecule has 156 valence electrons.